The minimum absolute atomic E-state index is 0.879. The van der Waals surface area contributed by atoms with Crippen molar-refractivity contribution in [2.75, 3.05) is 0 Å². The van der Waals surface area contributed by atoms with Crippen molar-refractivity contribution < 1.29 is 0 Å². The molecule has 104 valence electrons. The molecule has 4 rings (SSSR count). The molecule has 2 aliphatic carbocycles. The Labute approximate surface area is 133 Å². The second kappa shape index (κ2) is 5.17. The lowest BCUT2D eigenvalue weighted by atomic mass is 9.89. The normalized spacial score (nSPS) is 28.1. The number of aromatic nitrogens is 2. The monoisotopic (exact) mass is 378 g/mol. The van der Waals surface area contributed by atoms with Gasteiger partial charge >= 0.3 is 0 Å². The number of hydrogen-bond donors (Lipinski definition) is 0. The lowest BCUT2D eigenvalue weighted by Gasteiger charge is -2.22. The van der Waals surface area contributed by atoms with Gasteiger partial charge in [0, 0.05) is 28.1 Å². The van der Waals surface area contributed by atoms with E-state index in [1.807, 2.05) is 6.20 Å². The van der Waals surface area contributed by atoms with Gasteiger partial charge in [0.2, 0.25) is 0 Å². The van der Waals surface area contributed by atoms with Crippen molar-refractivity contribution in [1.29, 1.82) is 0 Å². The van der Waals surface area contributed by atoms with Crippen LogP contribution in [0, 0.1) is 21.3 Å². The zero-order valence-corrected chi connectivity index (χ0v) is 13.7. The Morgan fingerprint density at radius 3 is 2.95 bits per heavy atom. The number of hydrogen-bond acceptors (Lipinski definition) is 1. The van der Waals surface area contributed by atoms with Crippen molar-refractivity contribution in [1.82, 2.24) is 9.55 Å². The first-order valence-electron chi connectivity index (χ1n) is 7.56. The zero-order chi connectivity index (χ0) is 13.5. The van der Waals surface area contributed by atoms with E-state index in [1.165, 1.54) is 34.8 Å². The van der Waals surface area contributed by atoms with E-state index in [9.17, 15) is 0 Å². The highest BCUT2D eigenvalue weighted by Gasteiger charge is 2.39. The maximum absolute atomic E-state index is 4.59. The van der Waals surface area contributed by atoms with E-state index >= 15 is 0 Å². The van der Waals surface area contributed by atoms with E-state index in [1.54, 1.807) is 0 Å². The van der Waals surface area contributed by atoms with Crippen LogP contribution in [0.5, 0.6) is 0 Å². The second-order valence-electron chi connectivity index (χ2n) is 6.35. The topological polar surface area (TPSA) is 17.8 Å². The third kappa shape index (κ3) is 2.30. The number of fused-ring (bicyclic) bond motifs is 2. The smallest absolute Gasteiger partial charge is 0.139 e. The average Bonchev–Trinajstić information content (AvgIpc) is 3.14. The van der Waals surface area contributed by atoms with Crippen LogP contribution in [-0.4, -0.2) is 9.55 Å². The third-order valence-electron chi connectivity index (χ3n) is 5.11. The van der Waals surface area contributed by atoms with Crippen LogP contribution in [0.15, 0.2) is 36.7 Å². The first-order valence-corrected chi connectivity index (χ1v) is 8.64. The van der Waals surface area contributed by atoms with E-state index in [-0.39, 0.29) is 0 Å². The summed E-state index contributed by atoms with van der Waals surface area (Å²) in [6.07, 6.45) is 9.97. The maximum atomic E-state index is 4.59. The van der Waals surface area contributed by atoms with Crippen LogP contribution in [0.25, 0.3) is 11.4 Å². The molecule has 3 unspecified atom stereocenters. The number of nitrogens with zero attached hydrogens (tertiary/aromatic N) is 2. The van der Waals surface area contributed by atoms with Gasteiger partial charge in [-0.25, -0.2) is 4.98 Å². The third-order valence-corrected chi connectivity index (χ3v) is 5.79. The molecule has 20 heavy (non-hydrogen) atoms. The van der Waals surface area contributed by atoms with Crippen molar-refractivity contribution in [2.24, 2.45) is 17.8 Å². The molecule has 2 fully saturated rings. The Bertz CT molecular complexity index is 619. The molecule has 2 nitrogen and oxygen atoms in total. The Balaban J connectivity index is 1.59. The van der Waals surface area contributed by atoms with Gasteiger partial charge < -0.3 is 4.57 Å². The summed E-state index contributed by atoms with van der Waals surface area (Å²) in [4.78, 5) is 4.59. The fraction of sp³-hybridized carbons (Fsp3) is 0.471. The SMILES string of the molecule is Ic1cccc(-c2nccn2CC2CC3CCC2C3)c1. The van der Waals surface area contributed by atoms with Gasteiger partial charge in [-0.05, 0) is 71.7 Å². The second-order valence-corrected chi connectivity index (χ2v) is 7.59. The maximum Gasteiger partial charge on any atom is 0.139 e. The summed E-state index contributed by atoms with van der Waals surface area (Å²) in [6, 6.07) is 8.64. The van der Waals surface area contributed by atoms with Crippen LogP contribution in [0.4, 0.5) is 0 Å². The first kappa shape index (κ1) is 12.9. The van der Waals surface area contributed by atoms with Gasteiger partial charge in [0.1, 0.15) is 5.82 Å². The lowest BCUT2D eigenvalue weighted by molar-refractivity contribution is 0.297. The zero-order valence-electron chi connectivity index (χ0n) is 11.5. The molecule has 0 radical (unpaired) electrons. The van der Waals surface area contributed by atoms with Gasteiger partial charge in [0.25, 0.3) is 0 Å². The lowest BCUT2D eigenvalue weighted by Crippen LogP contribution is -2.17. The highest BCUT2D eigenvalue weighted by Crippen LogP contribution is 2.49. The molecule has 0 saturated heterocycles. The van der Waals surface area contributed by atoms with Crippen LogP contribution in [0.1, 0.15) is 25.7 Å². The predicted molar refractivity (Wildman–Crippen MR) is 89.3 cm³/mol. The van der Waals surface area contributed by atoms with E-state index in [0.717, 1.165) is 30.1 Å². The highest BCUT2D eigenvalue weighted by atomic mass is 127. The number of rotatable bonds is 3. The van der Waals surface area contributed by atoms with Crippen LogP contribution in [0.3, 0.4) is 0 Å². The fourth-order valence-corrected chi connectivity index (χ4v) is 4.74. The van der Waals surface area contributed by atoms with E-state index in [4.69, 9.17) is 0 Å². The fourth-order valence-electron chi connectivity index (χ4n) is 4.20. The van der Waals surface area contributed by atoms with Crippen LogP contribution in [0.2, 0.25) is 0 Å². The molecular formula is C17H19IN2. The van der Waals surface area contributed by atoms with E-state index in [2.05, 4.69) is 62.6 Å². The molecule has 2 bridgehead atoms. The molecule has 0 spiro atoms. The largest absolute Gasteiger partial charge is 0.331 e. The van der Waals surface area contributed by atoms with Gasteiger partial charge in [-0.3, -0.25) is 0 Å². The van der Waals surface area contributed by atoms with Crippen molar-refractivity contribution in [3.8, 4) is 11.4 Å². The molecule has 3 atom stereocenters. The van der Waals surface area contributed by atoms with Crippen molar-refractivity contribution in [3.63, 3.8) is 0 Å². The minimum Gasteiger partial charge on any atom is -0.331 e. The average molecular weight is 378 g/mol. The number of halogens is 1. The van der Waals surface area contributed by atoms with Crippen molar-refractivity contribution >= 4 is 22.6 Å². The van der Waals surface area contributed by atoms with Gasteiger partial charge in [-0.2, -0.15) is 0 Å². The van der Waals surface area contributed by atoms with Crippen molar-refractivity contribution in [2.45, 2.75) is 32.2 Å². The Kier molecular flexibility index (Phi) is 3.33. The quantitative estimate of drug-likeness (QED) is 0.715. The molecule has 1 aromatic carbocycles. The summed E-state index contributed by atoms with van der Waals surface area (Å²) >= 11 is 2.37. The summed E-state index contributed by atoms with van der Waals surface area (Å²) in [5, 5.41) is 0. The highest BCUT2D eigenvalue weighted by molar-refractivity contribution is 14.1. The first-order chi connectivity index (χ1) is 9.79. The summed E-state index contributed by atoms with van der Waals surface area (Å²) in [5.74, 6) is 4.01. The van der Waals surface area contributed by atoms with Crippen LogP contribution < -0.4 is 0 Å². The predicted octanol–water partition coefficient (Wildman–Crippen LogP) is 4.59. The molecule has 1 heterocycles. The van der Waals surface area contributed by atoms with E-state index < -0.39 is 0 Å². The Hall–Kier alpha value is -0.840. The summed E-state index contributed by atoms with van der Waals surface area (Å²) in [5.41, 5.74) is 1.24. The van der Waals surface area contributed by atoms with Crippen LogP contribution in [-0.2, 0) is 6.54 Å². The minimum atomic E-state index is 0.879. The molecule has 3 heteroatoms. The summed E-state index contributed by atoms with van der Waals surface area (Å²) < 4.78 is 3.64. The molecule has 2 aromatic rings. The van der Waals surface area contributed by atoms with E-state index in [0.29, 0.717) is 0 Å². The van der Waals surface area contributed by atoms with Crippen LogP contribution >= 0.6 is 22.6 Å². The molecule has 0 amide bonds. The molecule has 2 saturated carbocycles. The molecule has 2 aliphatic rings. The molecule has 1 aromatic heterocycles. The van der Waals surface area contributed by atoms with Gasteiger partial charge in [-0.1, -0.05) is 18.6 Å². The van der Waals surface area contributed by atoms with Crippen molar-refractivity contribution in [3.05, 3.63) is 40.2 Å². The standard InChI is InChI=1S/C17H19IN2/c18-16-3-1-2-14(10-16)17-19-6-7-20(17)11-15-9-12-4-5-13(15)8-12/h1-3,6-7,10,12-13,15H,4-5,8-9,11H2. The number of imidazole rings is 1. The Morgan fingerprint density at radius 1 is 1.25 bits per heavy atom. The summed E-state index contributed by atoms with van der Waals surface area (Å²) in [7, 11) is 0. The number of benzene rings is 1. The molecule has 0 N–H and O–H groups in total. The van der Waals surface area contributed by atoms with Gasteiger partial charge in [0.05, 0.1) is 0 Å². The Morgan fingerprint density at radius 2 is 2.20 bits per heavy atom. The van der Waals surface area contributed by atoms with Gasteiger partial charge in [-0.15, -0.1) is 0 Å². The molecule has 0 aliphatic heterocycles. The van der Waals surface area contributed by atoms with Gasteiger partial charge in [0.15, 0.2) is 0 Å². The summed E-state index contributed by atoms with van der Waals surface area (Å²) in [6.45, 7) is 1.15. The molecular weight excluding hydrogens is 359 g/mol.